The Bertz CT molecular complexity index is 2970. The molecular formula is C45H28N4O2. The Morgan fingerprint density at radius 1 is 0.549 bits per heavy atom. The third kappa shape index (κ3) is 4.26. The number of hydrogen-bond donors (Lipinski definition) is 0. The minimum Gasteiger partial charge on any atom is -0.460 e. The lowest BCUT2D eigenvalue weighted by atomic mass is 9.96. The lowest BCUT2D eigenvalue weighted by Gasteiger charge is -2.13. The molecule has 1 aliphatic rings. The van der Waals surface area contributed by atoms with Crippen LogP contribution in [0.25, 0.3) is 101 Å². The van der Waals surface area contributed by atoms with E-state index in [2.05, 4.69) is 77.4 Å². The summed E-state index contributed by atoms with van der Waals surface area (Å²) in [7, 11) is 0. The Morgan fingerprint density at radius 3 is 2.02 bits per heavy atom. The third-order valence-corrected chi connectivity index (χ3v) is 10.1. The molecule has 0 aliphatic heterocycles. The Balaban J connectivity index is 1.30. The van der Waals surface area contributed by atoms with Crippen molar-refractivity contribution in [3.8, 4) is 39.9 Å². The second kappa shape index (κ2) is 10.9. The molecule has 240 valence electrons. The summed E-state index contributed by atoms with van der Waals surface area (Å²) in [5.41, 5.74) is 9.69. The molecule has 11 rings (SSSR count). The van der Waals surface area contributed by atoms with Crippen LogP contribution in [0.1, 0.15) is 17.7 Å². The van der Waals surface area contributed by atoms with Crippen LogP contribution in [0.5, 0.6) is 0 Å². The van der Waals surface area contributed by atoms with E-state index in [1.165, 1.54) is 5.56 Å². The highest BCUT2D eigenvalue weighted by Gasteiger charge is 2.25. The lowest BCUT2D eigenvalue weighted by molar-refractivity contribution is 0.546. The van der Waals surface area contributed by atoms with Crippen molar-refractivity contribution in [1.29, 1.82) is 0 Å². The van der Waals surface area contributed by atoms with Crippen molar-refractivity contribution in [3.63, 3.8) is 0 Å². The van der Waals surface area contributed by atoms with E-state index >= 15 is 0 Å². The molecule has 0 spiro atoms. The number of aryl methyl sites for hydroxylation is 1. The van der Waals surface area contributed by atoms with Gasteiger partial charge in [-0.2, -0.15) is 9.97 Å². The predicted octanol–water partition coefficient (Wildman–Crippen LogP) is 11.6. The maximum absolute atomic E-state index is 6.74. The molecule has 0 saturated heterocycles. The number of fused-ring (bicyclic) bond motifs is 10. The Morgan fingerprint density at radius 2 is 1.24 bits per heavy atom. The van der Waals surface area contributed by atoms with E-state index in [0.29, 0.717) is 17.6 Å². The van der Waals surface area contributed by atoms with Gasteiger partial charge in [-0.05, 0) is 42.3 Å². The minimum absolute atomic E-state index is 0.537. The summed E-state index contributed by atoms with van der Waals surface area (Å²) in [6, 6.07) is 45.8. The van der Waals surface area contributed by atoms with Crippen molar-refractivity contribution in [2.24, 2.45) is 0 Å². The van der Waals surface area contributed by atoms with Crippen LogP contribution in [0.3, 0.4) is 0 Å². The number of hydrogen-bond acceptors (Lipinski definition) is 5. The molecule has 0 amide bonds. The molecule has 6 nitrogen and oxygen atoms in total. The first-order valence-electron chi connectivity index (χ1n) is 17.3. The average Bonchev–Trinajstić information content (AvgIpc) is 3.87. The van der Waals surface area contributed by atoms with E-state index in [0.717, 1.165) is 95.6 Å². The Hall–Kier alpha value is -6.79. The number of rotatable bonds is 4. The van der Waals surface area contributed by atoms with E-state index in [1.807, 2.05) is 72.8 Å². The van der Waals surface area contributed by atoms with Gasteiger partial charge in [0.05, 0.1) is 16.4 Å². The van der Waals surface area contributed by atoms with Gasteiger partial charge < -0.3 is 8.83 Å². The standard InChI is InChI=1S/C45H28N4O2/c1-3-13-27(14-4-1)43-46-44(28-15-5-2-6-16-28)48-45(47-43)49-36-20-10-7-19-32(36)40-41(49)33(26-35-31-18-9-12-22-38(31)51-42(35)40)29-23-24-39-34(25-29)30-17-8-11-21-37(30)50-39/h1-10,12-20,22-26H,11,21H2. The highest BCUT2D eigenvalue weighted by Crippen LogP contribution is 2.46. The van der Waals surface area contributed by atoms with Gasteiger partial charge in [0.15, 0.2) is 11.6 Å². The fourth-order valence-corrected chi connectivity index (χ4v) is 7.78. The Kier molecular flexibility index (Phi) is 5.98. The van der Waals surface area contributed by atoms with Gasteiger partial charge in [-0.1, -0.05) is 115 Å². The molecule has 0 fully saturated rings. The lowest BCUT2D eigenvalue weighted by Crippen LogP contribution is -2.07. The highest BCUT2D eigenvalue weighted by atomic mass is 16.3. The van der Waals surface area contributed by atoms with E-state index < -0.39 is 0 Å². The van der Waals surface area contributed by atoms with Crippen molar-refractivity contribution in [2.75, 3.05) is 0 Å². The van der Waals surface area contributed by atoms with E-state index in [4.69, 9.17) is 23.8 Å². The molecule has 0 N–H and O–H groups in total. The third-order valence-electron chi connectivity index (χ3n) is 10.1. The fourth-order valence-electron chi connectivity index (χ4n) is 7.78. The second-order valence-corrected chi connectivity index (χ2v) is 13.1. The van der Waals surface area contributed by atoms with Crippen LogP contribution in [0.15, 0.2) is 148 Å². The van der Waals surface area contributed by atoms with Gasteiger partial charge in [-0.15, -0.1) is 0 Å². The molecule has 1 aliphatic carbocycles. The number of furan rings is 2. The maximum atomic E-state index is 6.74. The molecule has 51 heavy (non-hydrogen) atoms. The zero-order chi connectivity index (χ0) is 33.5. The molecule has 0 radical (unpaired) electrons. The summed E-state index contributed by atoms with van der Waals surface area (Å²) in [5, 5.41) is 5.34. The molecule has 0 bridgehead atoms. The topological polar surface area (TPSA) is 69.9 Å². The van der Waals surface area contributed by atoms with Crippen LogP contribution in [0.4, 0.5) is 0 Å². The first-order valence-corrected chi connectivity index (χ1v) is 17.3. The Labute approximate surface area is 291 Å². The van der Waals surface area contributed by atoms with Crippen LogP contribution in [0.2, 0.25) is 0 Å². The van der Waals surface area contributed by atoms with Gasteiger partial charge in [0, 0.05) is 50.2 Å². The molecule has 0 atom stereocenters. The van der Waals surface area contributed by atoms with E-state index in [-0.39, 0.29) is 0 Å². The summed E-state index contributed by atoms with van der Waals surface area (Å²) >= 11 is 0. The van der Waals surface area contributed by atoms with Gasteiger partial charge in [0.25, 0.3) is 0 Å². The summed E-state index contributed by atoms with van der Waals surface area (Å²) in [6.45, 7) is 0. The normalized spacial score (nSPS) is 12.9. The quantitative estimate of drug-likeness (QED) is 0.189. The smallest absolute Gasteiger partial charge is 0.238 e. The van der Waals surface area contributed by atoms with Crippen molar-refractivity contribution < 1.29 is 8.83 Å². The second-order valence-electron chi connectivity index (χ2n) is 13.1. The number of aromatic nitrogens is 4. The number of benzene rings is 6. The van der Waals surface area contributed by atoms with Crippen LogP contribution >= 0.6 is 0 Å². The van der Waals surface area contributed by atoms with Gasteiger partial charge in [0.2, 0.25) is 5.95 Å². The summed E-state index contributed by atoms with van der Waals surface area (Å²) in [4.78, 5) is 15.4. The zero-order valence-corrected chi connectivity index (χ0v) is 27.4. The number of para-hydroxylation sites is 2. The first kappa shape index (κ1) is 28.1. The van der Waals surface area contributed by atoms with E-state index in [9.17, 15) is 0 Å². The van der Waals surface area contributed by atoms with Crippen LogP contribution in [0, 0.1) is 0 Å². The van der Waals surface area contributed by atoms with Crippen LogP contribution < -0.4 is 0 Å². The molecule has 0 saturated carbocycles. The first-order chi connectivity index (χ1) is 25.3. The van der Waals surface area contributed by atoms with Crippen molar-refractivity contribution in [2.45, 2.75) is 12.8 Å². The van der Waals surface area contributed by atoms with E-state index in [1.54, 1.807) is 0 Å². The molecule has 4 heterocycles. The van der Waals surface area contributed by atoms with Crippen molar-refractivity contribution in [3.05, 3.63) is 151 Å². The molecule has 10 aromatic rings. The van der Waals surface area contributed by atoms with Crippen LogP contribution in [-0.2, 0) is 6.42 Å². The molecule has 0 unspecified atom stereocenters. The fraction of sp³-hybridized carbons (Fsp3) is 0.0444. The van der Waals surface area contributed by atoms with Crippen molar-refractivity contribution in [1.82, 2.24) is 19.5 Å². The molecule has 6 aromatic carbocycles. The highest BCUT2D eigenvalue weighted by molar-refractivity contribution is 6.27. The molecule has 4 aromatic heterocycles. The SMILES string of the molecule is C1=Cc2c(oc3ccc(-c4cc5c6ccccc6oc5c5c6ccccc6n(-c6nc(-c7ccccc7)nc(-c7ccccc7)n6)c45)cc23)CC1. The molecular weight excluding hydrogens is 629 g/mol. The molecule has 6 heteroatoms. The van der Waals surface area contributed by atoms with Gasteiger partial charge in [-0.25, -0.2) is 4.98 Å². The largest absolute Gasteiger partial charge is 0.460 e. The number of allylic oxidation sites excluding steroid dienone is 1. The van der Waals surface area contributed by atoms with Gasteiger partial charge in [-0.3, -0.25) is 4.57 Å². The van der Waals surface area contributed by atoms with Gasteiger partial charge in [0.1, 0.15) is 22.5 Å². The van der Waals surface area contributed by atoms with Crippen LogP contribution in [-0.4, -0.2) is 19.5 Å². The minimum atomic E-state index is 0.537. The summed E-state index contributed by atoms with van der Waals surface area (Å²) < 4.78 is 15.3. The summed E-state index contributed by atoms with van der Waals surface area (Å²) in [6.07, 6.45) is 6.34. The maximum Gasteiger partial charge on any atom is 0.238 e. The summed E-state index contributed by atoms with van der Waals surface area (Å²) in [5.74, 6) is 2.80. The zero-order valence-electron chi connectivity index (χ0n) is 27.4. The van der Waals surface area contributed by atoms with Crippen molar-refractivity contribution >= 4 is 60.8 Å². The predicted molar refractivity (Wildman–Crippen MR) is 205 cm³/mol. The average molecular weight is 657 g/mol. The van der Waals surface area contributed by atoms with Gasteiger partial charge >= 0.3 is 0 Å². The monoisotopic (exact) mass is 656 g/mol. The number of nitrogens with zero attached hydrogens (tertiary/aromatic N) is 4.